The number of nitrogens with zero attached hydrogens (tertiary/aromatic N) is 1. The highest BCUT2D eigenvalue weighted by atomic mass is 16.4. The molecule has 0 aromatic heterocycles. The molecule has 0 aliphatic heterocycles. The summed E-state index contributed by atoms with van der Waals surface area (Å²) in [6, 6.07) is 2.62. The molecule has 30 heavy (non-hydrogen) atoms. The van der Waals surface area contributed by atoms with E-state index in [-0.39, 0.29) is 17.8 Å². The van der Waals surface area contributed by atoms with Gasteiger partial charge in [-0.15, -0.1) is 0 Å². The van der Waals surface area contributed by atoms with Crippen molar-refractivity contribution in [3.63, 3.8) is 0 Å². The van der Waals surface area contributed by atoms with E-state index in [1.54, 1.807) is 0 Å². The standard InChI is InChI=1S/C27H47NO2/c1-3-4-5-6-7-8-9-10-23-12-14-24(15-13-23)25-17-19-27(21-28,20-18-25)22(2)11-16-26(29)30/h22-25H,3-20H2,1-2H3,(H,29,30)/t22-,23?,24?,25?,27?/m1/s1. The summed E-state index contributed by atoms with van der Waals surface area (Å²) >= 11 is 0. The van der Waals surface area contributed by atoms with Crippen molar-refractivity contribution in [1.29, 1.82) is 5.26 Å². The number of hydrogen-bond acceptors (Lipinski definition) is 2. The second-order valence-electron chi connectivity index (χ2n) is 10.6. The average molecular weight is 418 g/mol. The Labute approximate surface area is 186 Å². The lowest BCUT2D eigenvalue weighted by Crippen LogP contribution is -2.35. The smallest absolute Gasteiger partial charge is 0.303 e. The number of carboxylic acids is 1. The van der Waals surface area contributed by atoms with Gasteiger partial charge in [-0.3, -0.25) is 4.79 Å². The van der Waals surface area contributed by atoms with E-state index in [1.165, 1.54) is 89.9 Å². The summed E-state index contributed by atoms with van der Waals surface area (Å²) in [5.74, 6) is 2.10. The van der Waals surface area contributed by atoms with E-state index in [9.17, 15) is 10.1 Å². The number of carbonyl (C=O) groups is 1. The molecule has 2 saturated carbocycles. The van der Waals surface area contributed by atoms with Crippen molar-refractivity contribution < 1.29 is 9.90 Å². The molecule has 1 atom stereocenters. The van der Waals surface area contributed by atoms with Crippen LogP contribution in [0, 0.1) is 40.4 Å². The van der Waals surface area contributed by atoms with Crippen LogP contribution >= 0.6 is 0 Å². The van der Waals surface area contributed by atoms with E-state index < -0.39 is 5.97 Å². The van der Waals surface area contributed by atoms with Crippen LogP contribution in [0.5, 0.6) is 0 Å². The predicted molar refractivity (Wildman–Crippen MR) is 124 cm³/mol. The molecule has 2 aliphatic rings. The second kappa shape index (κ2) is 13.4. The van der Waals surface area contributed by atoms with Crippen LogP contribution in [0.25, 0.3) is 0 Å². The maximum atomic E-state index is 10.9. The lowest BCUT2D eigenvalue weighted by atomic mass is 9.60. The zero-order chi connectivity index (χ0) is 21.8. The van der Waals surface area contributed by atoms with Crippen LogP contribution < -0.4 is 0 Å². The number of rotatable bonds is 13. The van der Waals surface area contributed by atoms with Crippen LogP contribution in [0.2, 0.25) is 0 Å². The molecule has 0 spiro atoms. The molecule has 2 fully saturated rings. The third-order valence-electron chi connectivity index (χ3n) is 8.65. The minimum absolute atomic E-state index is 0.191. The summed E-state index contributed by atoms with van der Waals surface area (Å²) in [6.07, 6.45) is 22.1. The van der Waals surface area contributed by atoms with Crippen molar-refractivity contribution >= 4 is 5.97 Å². The van der Waals surface area contributed by atoms with Gasteiger partial charge in [-0.1, -0.05) is 78.1 Å². The summed E-state index contributed by atoms with van der Waals surface area (Å²) in [7, 11) is 0. The van der Waals surface area contributed by atoms with Crippen LogP contribution in [0.4, 0.5) is 0 Å². The molecular formula is C27H47NO2. The molecule has 0 aromatic rings. The fourth-order valence-corrected chi connectivity index (χ4v) is 6.30. The molecule has 0 radical (unpaired) electrons. The normalized spacial score (nSPS) is 30.5. The molecule has 0 saturated heterocycles. The number of unbranched alkanes of at least 4 members (excludes halogenated alkanes) is 6. The van der Waals surface area contributed by atoms with Gasteiger partial charge in [-0.05, 0) is 68.6 Å². The summed E-state index contributed by atoms with van der Waals surface area (Å²) in [5, 5.41) is 18.9. The highest BCUT2D eigenvalue weighted by Gasteiger charge is 2.42. The summed E-state index contributed by atoms with van der Waals surface area (Å²) in [5.41, 5.74) is -0.277. The molecular weight excluding hydrogens is 370 g/mol. The topological polar surface area (TPSA) is 61.1 Å². The molecule has 0 amide bonds. The Morgan fingerprint density at radius 3 is 2.10 bits per heavy atom. The van der Waals surface area contributed by atoms with Gasteiger partial charge < -0.3 is 5.11 Å². The van der Waals surface area contributed by atoms with Crippen molar-refractivity contribution in [3.8, 4) is 6.07 Å². The number of carboxylic acid groups (broad SMARTS) is 1. The number of hydrogen-bond donors (Lipinski definition) is 1. The van der Waals surface area contributed by atoms with Crippen molar-refractivity contribution in [2.45, 2.75) is 129 Å². The van der Waals surface area contributed by atoms with Crippen LogP contribution in [-0.4, -0.2) is 11.1 Å². The molecule has 0 aromatic carbocycles. The Morgan fingerprint density at radius 2 is 1.53 bits per heavy atom. The van der Waals surface area contributed by atoms with E-state index in [1.807, 2.05) is 0 Å². The Hall–Kier alpha value is -1.04. The summed E-state index contributed by atoms with van der Waals surface area (Å²) < 4.78 is 0. The van der Waals surface area contributed by atoms with E-state index in [0.29, 0.717) is 6.42 Å². The molecule has 0 heterocycles. The minimum atomic E-state index is -0.739. The summed E-state index contributed by atoms with van der Waals surface area (Å²) in [4.78, 5) is 10.9. The van der Waals surface area contributed by atoms with E-state index in [0.717, 1.165) is 30.6 Å². The molecule has 1 N–H and O–H groups in total. The average Bonchev–Trinajstić information content (AvgIpc) is 2.77. The van der Waals surface area contributed by atoms with Crippen molar-refractivity contribution in [3.05, 3.63) is 0 Å². The van der Waals surface area contributed by atoms with Crippen LogP contribution in [0.1, 0.15) is 129 Å². The van der Waals surface area contributed by atoms with Crippen molar-refractivity contribution in [1.82, 2.24) is 0 Å². The third kappa shape index (κ3) is 7.90. The summed E-state index contributed by atoms with van der Waals surface area (Å²) in [6.45, 7) is 4.38. The number of aliphatic carboxylic acids is 1. The fourth-order valence-electron chi connectivity index (χ4n) is 6.30. The first-order valence-corrected chi connectivity index (χ1v) is 13.1. The molecule has 0 unspecified atom stereocenters. The van der Waals surface area contributed by atoms with E-state index >= 15 is 0 Å². The van der Waals surface area contributed by atoms with Gasteiger partial charge in [0.2, 0.25) is 0 Å². The second-order valence-corrected chi connectivity index (χ2v) is 10.6. The van der Waals surface area contributed by atoms with Gasteiger partial charge in [0.25, 0.3) is 0 Å². The highest BCUT2D eigenvalue weighted by molar-refractivity contribution is 5.66. The molecule has 0 bridgehead atoms. The third-order valence-corrected chi connectivity index (χ3v) is 8.65. The largest absolute Gasteiger partial charge is 0.481 e. The van der Waals surface area contributed by atoms with Gasteiger partial charge >= 0.3 is 5.97 Å². The maximum Gasteiger partial charge on any atom is 0.303 e. The molecule has 172 valence electrons. The first-order chi connectivity index (χ1) is 14.5. The zero-order valence-corrected chi connectivity index (χ0v) is 19.8. The number of nitriles is 1. The van der Waals surface area contributed by atoms with Gasteiger partial charge in [0, 0.05) is 6.42 Å². The van der Waals surface area contributed by atoms with Gasteiger partial charge in [0.05, 0.1) is 11.5 Å². The fraction of sp³-hybridized carbons (Fsp3) is 0.926. The minimum Gasteiger partial charge on any atom is -0.481 e. The molecule has 3 heteroatoms. The van der Waals surface area contributed by atoms with E-state index in [4.69, 9.17) is 5.11 Å². The predicted octanol–water partition coefficient (Wildman–Crippen LogP) is 8.13. The van der Waals surface area contributed by atoms with Crippen LogP contribution in [-0.2, 0) is 4.79 Å². The lowest BCUT2D eigenvalue weighted by molar-refractivity contribution is -0.137. The SMILES string of the molecule is CCCCCCCCCC1CCC(C2CCC(C#N)([C@H](C)CCC(=O)O)CC2)CC1. The Morgan fingerprint density at radius 1 is 0.967 bits per heavy atom. The van der Waals surface area contributed by atoms with Crippen LogP contribution in [0.3, 0.4) is 0 Å². The first kappa shape index (κ1) is 25.2. The Balaban J connectivity index is 1.64. The Kier molecular flexibility index (Phi) is 11.3. The van der Waals surface area contributed by atoms with E-state index in [2.05, 4.69) is 19.9 Å². The zero-order valence-electron chi connectivity index (χ0n) is 19.8. The van der Waals surface area contributed by atoms with Gasteiger partial charge in [0.1, 0.15) is 0 Å². The maximum absolute atomic E-state index is 10.9. The van der Waals surface area contributed by atoms with Gasteiger partial charge in [-0.2, -0.15) is 5.26 Å². The highest BCUT2D eigenvalue weighted by Crippen LogP contribution is 2.49. The van der Waals surface area contributed by atoms with Gasteiger partial charge in [-0.25, -0.2) is 0 Å². The lowest BCUT2D eigenvalue weighted by Gasteiger charge is -2.43. The van der Waals surface area contributed by atoms with Crippen molar-refractivity contribution in [2.75, 3.05) is 0 Å². The van der Waals surface area contributed by atoms with Crippen LogP contribution in [0.15, 0.2) is 0 Å². The van der Waals surface area contributed by atoms with Crippen molar-refractivity contribution in [2.24, 2.45) is 29.1 Å². The monoisotopic (exact) mass is 417 g/mol. The molecule has 2 rings (SSSR count). The first-order valence-electron chi connectivity index (χ1n) is 13.1. The molecule has 2 aliphatic carbocycles. The quantitative estimate of drug-likeness (QED) is 0.308. The molecule has 3 nitrogen and oxygen atoms in total. The Bertz CT molecular complexity index is 521. The van der Waals surface area contributed by atoms with Gasteiger partial charge in [0.15, 0.2) is 0 Å².